The highest BCUT2D eigenvalue weighted by molar-refractivity contribution is 5.96. The van der Waals surface area contributed by atoms with Gasteiger partial charge in [0.25, 0.3) is 5.69 Å². The molecule has 0 unspecified atom stereocenters. The van der Waals surface area contributed by atoms with E-state index in [4.69, 9.17) is 4.74 Å². The molecular formula is C16H22N4O5. The van der Waals surface area contributed by atoms with Crippen molar-refractivity contribution in [2.24, 2.45) is 0 Å². The maximum atomic E-state index is 12.5. The molecule has 2 rings (SSSR count). The Kier molecular flexibility index (Phi) is 5.92. The number of anilines is 1. The molecule has 1 aliphatic rings. The van der Waals surface area contributed by atoms with Crippen LogP contribution in [0.4, 0.5) is 11.4 Å². The van der Waals surface area contributed by atoms with Gasteiger partial charge in [0.05, 0.1) is 23.8 Å². The number of benzene rings is 1. The molecule has 25 heavy (non-hydrogen) atoms. The number of ether oxygens (including phenoxy) is 1. The lowest BCUT2D eigenvalue weighted by molar-refractivity contribution is -0.384. The monoisotopic (exact) mass is 350 g/mol. The maximum Gasteiger partial charge on any atom is 0.271 e. The molecule has 1 fully saturated rings. The average Bonchev–Trinajstić information content (AvgIpc) is 2.60. The predicted octanol–water partition coefficient (Wildman–Crippen LogP) is 1.09. The number of methoxy groups -OCH3 is 1. The summed E-state index contributed by atoms with van der Waals surface area (Å²) in [4.78, 5) is 38.0. The minimum absolute atomic E-state index is 0.0260. The number of rotatable bonds is 5. The van der Waals surface area contributed by atoms with Gasteiger partial charge >= 0.3 is 0 Å². The molecule has 1 atom stereocenters. The molecule has 1 N–H and O–H groups in total. The summed E-state index contributed by atoms with van der Waals surface area (Å²) in [7, 11) is 1.43. The summed E-state index contributed by atoms with van der Waals surface area (Å²) in [6.07, 6.45) is 0. The van der Waals surface area contributed by atoms with Crippen LogP contribution in [0.15, 0.2) is 18.2 Å². The summed E-state index contributed by atoms with van der Waals surface area (Å²) in [5, 5.41) is 13.6. The number of nitrogens with one attached hydrogen (secondary N) is 1. The van der Waals surface area contributed by atoms with Crippen LogP contribution in [0.25, 0.3) is 0 Å². The van der Waals surface area contributed by atoms with Crippen molar-refractivity contribution in [1.29, 1.82) is 0 Å². The largest absolute Gasteiger partial charge is 0.495 e. The van der Waals surface area contributed by atoms with Crippen molar-refractivity contribution in [3.05, 3.63) is 28.3 Å². The number of carbonyl (C=O) groups excluding carboxylic acids is 2. The standard InChI is InChI=1S/C16H22N4O5/c1-11(18-6-8-19(9-7-18)12(2)21)16(22)17-14-10-13(20(23)24)4-5-15(14)25-3/h4-5,10-11H,6-9H2,1-3H3,(H,17,22)/t11-/m0/s1. The van der Waals surface area contributed by atoms with E-state index in [-0.39, 0.29) is 23.2 Å². The number of carbonyl (C=O) groups is 2. The number of amides is 2. The third kappa shape index (κ3) is 4.44. The molecule has 9 nitrogen and oxygen atoms in total. The quantitative estimate of drug-likeness (QED) is 0.630. The smallest absolute Gasteiger partial charge is 0.271 e. The summed E-state index contributed by atoms with van der Waals surface area (Å²) >= 11 is 0. The van der Waals surface area contributed by atoms with E-state index in [2.05, 4.69) is 5.32 Å². The first-order valence-electron chi connectivity index (χ1n) is 7.96. The topological polar surface area (TPSA) is 105 Å². The van der Waals surface area contributed by atoms with Crippen molar-refractivity contribution in [2.75, 3.05) is 38.6 Å². The van der Waals surface area contributed by atoms with E-state index in [0.29, 0.717) is 31.9 Å². The summed E-state index contributed by atoms with van der Waals surface area (Å²) in [5.41, 5.74) is 0.134. The van der Waals surface area contributed by atoms with Crippen LogP contribution in [0.1, 0.15) is 13.8 Å². The molecule has 9 heteroatoms. The second-order valence-corrected chi connectivity index (χ2v) is 5.85. The van der Waals surface area contributed by atoms with Crippen LogP contribution in [0.3, 0.4) is 0 Å². The second kappa shape index (κ2) is 7.93. The third-order valence-electron chi connectivity index (χ3n) is 4.34. The molecule has 1 aliphatic heterocycles. The maximum absolute atomic E-state index is 12.5. The molecule has 0 spiro atoms. The fourth-order valence-corrected chi connectivity index (χ4v) is 2.73. The fraction of sp³-hybridized carbons (Fsp3) is 0.500. The van der Waals surface area contributed by atoms with Crippen molar-refractivity contribution in [3.8, 4) is 5.75 Å². The zero-order valence-electron chi connectivity index (χ0n) is 14.5. The summed E-state index contributed by atoms with van der Waals surface area (Å²) < 4.78 is 5.15. The molecule has 136 valence electrons. The van der Waals surface area contributed by atoms with Gasteiger partial charge in [-0.15, -0.1) is 0 Å². The van der Waals surface area contributed by atoms with Crippen LogP contribution in [0.2, 0.25) is 0 Å². The molecule has 1 aromatic rings. The van der Waals surface area contributed by atoms with Crippen LogP contribution >= 0.6 is 0 Å². The molecule has 0 aliphatic carbocycles. The van der Waals surface area contributed by atoms with E-state index in [1.165, 1.54) is 32.2 Å². The molecule has 1 saturated heterocycles. The highest BCUT2D eigenvalue weighted by atomic mass is 16.6. The molecule has 0 radical (unpaired) electrons. The average molecular weight is 350 g/mol. The van der Waals surface area contributed by atoms with Crippen molar-refractivity contribution < 1.29 is 19.2 Å². The van der Waals surface area contributed by atoms with Gasteiger partial charge in [0, 0.05) is 45.2 Å². The number of non-ortho nitro benzene ring substituents is 1. The fourth-order valence-electron chi connectivity index (χ4n) is 2.73. The SMILES string of the molecule is COc1ccc([N+](=O)[O-])cc1NC(=O)[C@H](C)N1CCN(C(C)=O)CC1. The minimum atomic E-state index is -0.528. The zero-order chi connectivity index (χ0) is 18.6. The normalized spacial score (nSPS) is 16.2. The first-order valence-corrected chi connectivity index (χ1v) is 7.96. The van der Waals surface area contributed by atoms with Gasteiger partial charge in [0.15, 0.2) is 0 Å². The van der Waals surface area contributed by atoms with Crippen molar-refractivity contribution >= 4 is 23.2 Å². The summed E-state index contributed by atoms with van der Waals surface area (Å²) in [5.74, 6) is 0.0979. The Morgan fingerprint density at radius 1 is 1.28 bits per heavy atom. The highest BCUT2D eigenvalue weighted by Gasteiger charge is 2.27. The second-order valence-electron chi connectivity index (χ2n) is 5.85. The molecule has 0 saturated carbocycles. The van der Waals surface area contributed by atoms with E-state index in [1.807, 2.05) is 4.90 Å². The Bertz CT molecular complexity index is 670. The van der Waals surface area contributed by atoms with Crippen LogP contribution in [-0.4, -0.2) is 65.9 Å². The predicted molar refractivity (Wildman–Crippen MR) is 91.6 cm³/mol. The van der Waals surface area contributed by atoms with Gasteiger partial charge < -0.3 is 15.0 Å². The van der Waals surface area contributed by atoms with Crippen molar-refractivity contribution in [3.63, 3.8) is 0 Å². The molecule has 0 bridgehead atoms. The van der Waals surface area contributed by atoms with Gasteiger partial charge in [-0.05, 0) is 13.0 Å². The Morgan fingerprint density at radius 2 is 1.92 bits per heavy atom. The number of nitrogens with zero attached hydrogens (tertiary/aromatic N) is 3. The number of hydrogen-bond acceptors (Lipinski definition) is 6. The third-order valence-corrected chi connectivity index (χ3v) is 4.34. The highest BCUT2D eigenvalue weighted by Crippen LogP contribution is 2.29. The van der Waals surface area contributed by atoms with E-state index in [0.717, 1.165) is 0 Å². The summed E-state index contributed by atoms with van der Waals surface area (Å²) in [6, 6.07) is 3.61. The Hall–Kier alpha value is -2.68. The van der Waals surface area contributed by atoms with E-state index in [9.17, 15) is 19.7 Å². The Balaban J connectivity index is 2.05. The molecule has 1 aromatic carbocycles. The zero-order valence-corrected chi connectivity index (χ0v) is 14.5. The van der Waals surface area contributed by atoms with E-state index >= 15 is 0 Å². The van der Waals surface area contributed by atoms with Crippen molar-refractivity contribution in [2.45, 2.75) is 19.9 Å². The van der Waals surface area contributed by atoms with Gasteiger partial charge in [0.2, 0.25) is 11.8 Å². The van der Waals surface area contributed by atoms with Gasteiger partial charge in [-0.25, -0.2) is 0 Å². The lowest BCUT2D eigenvalue weighted by Gasteiger charge is -2.37. The number of hydrogen-bond donors (Lipinski definition) is 1. The van der Waals surface area contributed by atoms with Gasteiger partial charge in [-0.3, -0.25) is 24.6 Å². The number of nitro benzene ring substituents is 1. The van der Waals surface area contributed by atoms with Gasteiger partial charge in [-0.2, -0.15) is 0 Å². The molecule has 0 aromatic heterocycles. The molecule has 2 amide bonds. The Labute approximate surface area is 145 Å². The molecule has 1 heterocycles. The van der Waals surface area contributed by atoms with Gasteiger partial charge in [0.1, 0.15) is 5.75 Å². The number of piperazine rings is 1. The summed E-state index contributed by atoms with van der Waals surface area (Å²) in [6.45, 7) is 5.64. The van der Waals surface area contributed by atoms with Crippen molar-refractivity contribution in [1.82, 2.24) is 9.80 Å². The van der Waals surface area contributed by atoms with E-state index in [1.54, 1.807) is 11.8 Å². The lowest BCUT2D eigenvalue weighted by atomic mass is 10.2. The number of nitro groups is 1. The van der Waals surface area contributed by atoms with Crippen LogP contribution in [0, 0.1) is 10.1 Å². The van der Waals surface area contributed by atoms with Crippen LogP contribution in [0.5, 0.6) is 5.75 Å². The van der Waals surface area contributed by atoms with Crippen LogP contribution in [-0.2, 0) is 9.59 Å². The first kappa shape index (κ1) is 18.7. The minimum Gasteiger partial charge on any atom is -0.495 e. The first-order chi connectivity index (χ1) is 11.8. The molecular weight excluding hydrogens is 328 g/mol. The Morgan fingerprint density at radius 3 is 2.44 bits per heavy atom. The van der Waals surface area contributed by atoms with E-state index < -0.39 is 11.0 Å². The van der Waals surface area contributed by atoms with Gasteiger partial charge in [-0.1, -0.05) is 0 Å². The lowest BCUT2D eigenvalue weighted by Crippen LogP contribution is -2.53. The van der Waals surface area contributed by atoms with Crippen LogP contribution < -0.4 is 10.1 Å².